The van der Waals surface area contributed by atoms with Gasteiger partial charge in [-0.3, -0.25) is 0 Å². The third kappa shape index (κ3) is 8.24. The zero-order chi connectivity index (χ0) is 10.8. The van der Waals surface area contributed by atoms with Gasteiger partial charge in [-0.1, -0.05) is 33.1 Å². The van der Waals surface area contributed by atoms with E-state index in [-0.39, 0.29) is 0 Å². The van der Waals surface area contributed by atoms with Crippen LogP contribution in [0.5, 0.6) is 0 Å². The average Bonchev–Trinajstić information content (AvgIpc) is 2.16. The SMILES string of the molecule is CCCCCC(C)OC[C@@H](C)CC=O. The van der Waals surface area contributed by atoms with Gasteiger partial charge in [0.05, 0.1) is 6.10 Å². The molecule has 0 rings (SSSR count). The number of carbonyl (C=O) groups excluding carboxylic acids is 1. The first-order valence-electron chi connectivity index (χ1n) is 5.75. The molecule has 0 N–H and O–H groups in total. The van der Waals surface area contributed by atoms with Gasteiger partial charge in [0.2, 0.25) is 0 Å². The molecule has 0 spiro atoms. The van der Waals surface area contributed by atoms with Crippen molar-refractivity contribution in [2.24, 2.45) is 5.92 Å². The van der Waals surface area contributed by atoms with E-state index in [1.54, 1.807) is 0 Å². The van der Waals surface area contributed by atoms with Crippen LogP contribution >= 0.6 is 0 Å². The maximum absolute atomic E-state index is 10.2. The Morgan fingerprint density at radius 3 is 2.57 bits per heavy atom. The van der Waals surface area contributed by atoms with Gasteiger partial charge in [0.15, 0.2) is 0 Å². The highest BCUT2D eigenvalue weighted by atomic mass is 16.5. The van der Waals surface area contributed by atoms with Crippen molar-refractivity contribution < 1.29 is 9.53 Å². The van der Waals surface area contributed by atoms with E-state index in [0.29, 0.717) is 25.0 Å². The number of hydrogen-bond acceptors (Lipinski definition) is 2. The lowest BCUT2D eigenvalue weighted by molar-refractivity contribution is -0.109. The molecule has 0 heterocycles. The largest absolute Gasteiger partial charge is 0.378 e. The lowest BCUT2D eigenvalue weighted by Crippen LogP contribution is -2.14. The normalized spacial score (nSPS) is 15.1. The molecule has 0 saturated carbocycles. The molecule has 2 heteroatoms. The van der Waals surface area contributed by atoms with Crippen LogP contribution in [0.3, 0.4) is 0 Å². The second-order valence-electron chi connectivity index (χ2n) is 4.15. The lowest BCUT2D eigenvalue weighted by atomic mass is 10.1. The van der Waals surface area contributed by atoms with Crippen molar-refractivity contribution >= 4 is 6.29 Å². The molecule has 0 amide bonds. The van der Waals surface area contributed by atoms with E-state index in [1.807, 2.05) is 6.92 Å². The molecule has 0 fully saturated rings. The van der Waals surface area contributed by atoms with Crippen LogP contribution in [0, 0.1) is 5.92 Å². The molecule has 0 bridgehead atoms. The van der Waals surface area contributed by atoms with Crippen LogP contribution in [-0.2, 0) is 9.53 Å². The first-order valence-corrected chi connectivity index (χ1v) is 5.75. The van der Waals surface area contributed by atoms with Crippen LogP contribution in [-0.4, -0.2) is 19.0 Å². The highest BCUT2D eigenvalue weighted by Crippen LogP contribution is 2.08. The van der Waals surface area contributed by atoms with E-state index in [0.717, 1.165) is 12.7 Å². The molecule has 1 unspecified atom stereocenters. The Bertz CT molecular complexity index is 134. The fraction of sp³-hybridized carbons (Fsp3) is 0.917. The number of hydrogen-bond donors (Lipinski definition) is 0. The summed E-state index contributed by atoms with van der Waals surface area (Å²) < 4.78 is 5.64. The summed E-state index contributed by atoms with van der Waals surface area (Å²) in [7, 11) is 0. The van der Waals surface area contributed by atoms with Gasteiger partial charge in [-0.05, 0) is 19.3 Å². The Morgan fingerprint density at radius 2 is 2.00 bits per heavy atom. The first-order chi connectivity index (χ1) is 6.70. The van der Waals surface area contributed by atoms with E-state index in [4.69, 9.17) is 4.74 Å². The van der Waals surface area contributed by atoms with Gasteiger partial charge in [-0.15, -0.1) is 0 Å². The topological polar surface area (TPSA) is 26.3 Å². The van der Waals surface area contributed by atoms with E-state index in [9.17, 15) is 4.79 Å². The van der Waals surface area contributed by atoms with Gasteiger partial charge in [-0.2, -0.15) is 0 Å². The van der Waals surface area contributed by atoms with Crippen molar-refractivity contribution in [2.75, 3.05) is 6.61 Å². The highest BCUT2D eigenvalue weighted by molar-refractivity contribution is 5.49. The minimum Gasteiger partial charge on any atom is -0.378 e. The Morgan fingerprint density at radius 1 is 1.29 bits per heavy atom. The first kappa shape index (κ1) is 13.6. The van der Waals surface area contributed by atoms with Crippen LogP contribution in [0.4, 0.5) is 0 Å². The Labute approximate surface area is 88.0 Å². The van der Waals surface area contributed by atoms with E-state index in [1.165, 1.54) is 19.3 Å². The van der Waals surface area contributed by atoms with Crippen molar-refractivity contribution in [3.63, 3.8) is 0 Å². The molecule has 0 aliphatic heterocycles. The van der Waals surface area contributed by atoms with Crippen molar-refractivity contribution in [3.05, 3.63) is 0 Å². The molecule has 0 aromatic heterocycles. The Balaban J connectivity index is 3.33. The van der Waals surface area contributed by atoms with E-state index >= 15 is 0 Å². The Hall–Kier alpha value is -0.370. The standard InChI is InChI=1S/C12H24O2/c1-4-5-6-7-12(3)14-10-11(2)8-9-13/h9,11-12H,4-8,10H2,1-3H3/t11-,12?/m0/s1. The molecular weight excluding hydrogens is 176 g/mol. The molecule has 0 saturated heterocycles. The van der Waals surface area contributed by atoms with Gasteiger partial charge in [0, 0.05) is 13.0 Å². The van der Waals surface area contributed by atoms with Crippen LogP contribution in [0.25, 0.3) is 0 Å². The average molecular weight is 200 g/mol. The predicted molar refractivity (Wildman–Crippen MR) is 59.4 cm³/mol. The van der Waals surface area contributed by atoms with Gasteiger partial charge >= 0.3 is 0 Å². The highest BCUT2D eigenvalue weighted by Gasteiger charge is 2.05. The zero-order valence-corrected chi connectivity index (χ0v) is 9.79. The maximum Gasteiger partial charge on any atom is 0.120 e. The van der Waals surface area contributed by atoms with Crippen molar-refractivity contribution in [3.8, 4) is 0 Å². The van der Waals surface area contributed by atoms with Gasteiger partial charge in [-0.25, -0.2) is 0 Å². The van der Waals surface area contributed by atoms with Crippen LogP contribution < -0.4 is 0 Å². The van der Waals surface area contributed by atoms with Crippen LogP contribution in [0.2, 0.25) is 0 Å². The summed E-state index contributed by atoms with van der Waals surface area (Å²) in [6.45, 7) is 7.08. The Kier molecular flexibility index (Phi) is 8.95. The van der Waals surface area contributed by atoms with Crippen LogP contribution in [0.15, 0.2) is 0 Å². The van der Waals surface area contributed by atoms with E-state index in [2.05, 4.69) is 13.8 Å². The van der Waals surface area contributed by atoms with Crippen molar-refractivity contribution in [1.29, 1.82) is 0 Å². The fourth-order valence-corrected chi connectivity index (χ4v) is 1.33. The maximum atomic E-state index is 10.2. The zero-order valence-electron chi connectivity index (χ0n) is 9.79. The number of ether oxygens (including phenoxy) is 1. The third-order valence-corrected chi connectivity index (χ3v) is 2.38. The van der Waals surface area contributed by atoms with Gasteiger partial charge < -0.3 is 9.53 Å². The quantitative estimate of drug-likeness (QED) is 0.422. The monoisotopic (exact) mass is 200 g/mol. The molecular formula is C12H24O2. The molecule has 2 atom stereocenters. The smallest absolute Gasteiger partial charge is 0.120 e. The number of unbranched alkanes of at least 4 members (excludes halogenated alkanes) is 2. The molecule has 14 heavy (non-hydrogen) atoms. The summed E-state index contributed by atoms with van der Waals surface area (Å²) in [6, 6.07) is 0. The van der Waals surface area contributed by atoms with Gasteiger partial charge in [0.25, 0.3) is 0 Å². The third-order valence-electron chi connectivity index (χ3n) is 2.38. The number of carbonyl (C=O) groups is 1. The lowest BCUT2D eigenvalue weighted by Gasteiger charge is -2.15. The minimum absolute atomic E-state index is 0.343. The van der Waals surface area contributed by atoms with Crippen molar-refractivity contribution in [2.45, 2.75) is 59.0 Å². The summed E-state index contributed by atoms with van der Waals surface area (Å²) in [6.07, 6.45) is 6.86. The molecule has 0 aliphatic rings. The molecule has 84 valence electrons. The minimum atomic E-state index is 0.343. The summed E-state index contributed by atoms with van der Waals surface area (Å²) >= 11 is 0. The molecule has 0 radical (unpaired) electrons. The summed E-state index contributed by atoms with van der Waals surface area (Å²) in [5.41, 5.74) is 0. The van der Waals surface area contributed by atoms with E-state index < -0.39 is 0 Å². The molecule has 0 aromatic rings. The summed E-state index contributed by atoms with van der Waals surface area (Å²) in [4.78, 5) is 10.2. The summed E-state index contributed by atoms with van der Waals surface area (Å²) in [5, 5.41) is 0. The van der Waals surface area contributed by atoms with Crippen molar-refractivity contribution in [1.82, 2.24) is 0 Å². The number of rotatable bonds is 9. The second-order valence-corrected chi connectivity index (χ2v) is 4.15. The van der Waals surface area contributed by atoms with Crippen LogP contribution in [0.1, 0.15) is 52.9 Å². The second kappa shape index (κ2) is 9.20. The molecule has 2 nitrogen and oxygen atoms in total. The summed E-state index contributed by atoms with van der Waals surface area (Å²) in [5.74, 6) is 0.362. The molecule has 0 aliphatic carbocycles. The fourth-order valence-electron chi connectivity index (χ4n) is 1.33. The predicted octanol–water partition coefficient (Wildman–Crippen LogP) is 3.20. The number of aldehydes is 1. The van der Waals surface area contributed by atoms with Gasteiger partial charge in [0.1, 0.15) is 6.29 Å². The molecule has 0 aromatic carbocycles.